The molecule has 0 saturated carbocycles. The van der Waals surface area contributed by atoms with Gasteiger partial charge in [0.1, 0.15) is 29.6 Å². The third-order valence-corrected chi connectivity index (χ3v) is 9.92. The second-order valence-corrected chi connectivity index (χ2v) is 13.6. The smallest absolute Gasteiger partial charge is 0.206 e. The molecule has 45 heavy (non-hydrogen) atoms. The van der Waals surface area contributed by atoms with Gasteiger partial charge in [-0.3, -0.25) is 0 Å². The summed E-state index contributed by atoms with van der Waals surface area (Å²) < 4.78 is 43.2. The highest BCUT2D eigenvalue weighted by atomic mass is 32.2. The summed E-state index contributed by atoms with van der Waals surface area (Å²) in [7, 11) is -2.10. The van der Waals surface area contributed by atoms with Crippen LogP contribution in [-0.2, 0) is 28.3 Å². The standard InChI is InChI=1S/C39H40O5S/c1-5-6-7-29-8-10-30(11-9-29)28-43-34-16-12-31(13-17-34)39(2,3)32-14-18-35(19-15-32)44-36-22-26-38(27-23-36)45(40,41)37-24-20-33(42-4)21-25-37/h8-27H,5-7,28H2,1-4H3. The molecule has 0 spiro atoms. The molecule has 0 saturated heterocycles. The predicted molar refractivity (Wildman–Crippen MR) is 179 cm³/mol. The molecular formula is C39H40O5S. The van der Waals surface area contributed by atoms with Crippen molar-refractivity contribution in [1.29, 1.82) is 0 Å². The van der Waals surface area contributed by atoms with Crippen molar-refractivity contribution in [2.45, 2.75) is 61.8 Å². The van der Waals surface area contributed by atoms with Gasteiger partial charge in [0, 0.05) is 5.41 Å². The fourth-order valence-corrected chi connectivity index (χ4v) is 6.40. The molecule has 0 amide bonds. The van der Waals surface area contributed by atoms with Gasteiger partial charge in [-0.1, -0.05) is 75.7 Å². The van der Waals surface area contributed by atoms with Crippen LogP contribution in [0.1, 0.15) is 55.9 Å². The molecule has 5 aromatic rings. The highest BCUT2D eigenvalue weighted by Crippen LogP contribution is 2.34. The van der Waals surface area contributed by atoms with E-state index in [9.17, 15) is 8.42 Å². The van der Waals surface area contributed by atoms with Crippen LogP contribution in [0.15, 0.2) is 131 Å². The van der Waals surface area contributed by atoms with Crippen molar-refractivity contribution in [2.24, 2.45) is 0 Å². The van der Waals surface area contributed by atoms with Crippen molar-refractivity contribution in [3.63, 3.8) is 0 Å². The Morgan fingerprint density at radius 2 is 1.02 bits per heavy atom. The number of unbranched alkanes of at least 4 members (excludes halogenated alkanes) is 1. The number of rotatable bonds is 13. The van der Waals surface area contributed by atoms with Gasteiger partial charge in [0.05, 0.1) is 16.9 Å². The molecule has 5 rings (SSSR count). The maximum absolute atomic E-state index is 13.0. The molecule has 0 aliphatic rings. The number of hydrogen-bond acceptors (Lipinski definition) is 5. The van der Waals surface area contributed by atoms with E-state index in [2.05, 4.69) is 69.3 Å². The van der Waals surface area contributed by atoms with Gasteiger partial charge in [0.2, 0.25) is 9.84 Å². The first-order valence-electron chi connectivity index (χ1n) is 15.3. The summed E-state index contributed by atoms with van der Waals surface area (Å²) in [4.78, 5) is 0.408. The minimum absolute atomic E-state index is 0.199. The number of sulfone groups is 1. The van der Waals surface area contributed by atoms with Crippen LogP contribution in [0.25, 0.3) is 0 Å². The van der Waals surface area contributed by atoms with Gasteiger partial charge in [0.25, 0.3) is 0 Å². The molecule has 0 aliphatic carbocycles. The topological polar surface area (TPSA) is 61.8 Å². The molecule has 0 aliphatic heterocycles. The maximum Gasteiger partial charge on any atom is 0.206 e. The van der Waals surface area contributed by atoms with Crippen LogP contribution < -0.4 is 14.2 Å². The third-order valence-electron chi connectivity index (χ3n) is 8.14. The Kier molecular flexibility index (Phi) is 9.94. The Morgan fingerprint density at radius 1 is 0.578 bits per heavy atom. The molecule has 0 bridgehead atoms. The monoisotopic (exact) mass is 620 g/mol. The summed E-state index contributed by atoms with van der Waals surface area (Å²) in [5.41, 5.74) is 4.63. The zero-order chi connectivity index (χ0) is 31.9. The molecule has 232 valence electrons. The lowest BCUT2D eigenvalue weighted by molar-refractivity contribution is 0.306. The van der Waals surface area contributed by atoms with Crippen LogP contribution in [0.4, 0.5) is 0 Å². The van der Waals surface area contributed by atoms with E-state index in [1.165, 1.54) is 24.0 Å². The van der Waals surface area contributed by atoms with Crippen molar-refractivity contribution in [1.82, 2.24) is 0 Å². The molecule has 5 aromatic carbocycles. The number of hydrogen-bond donors (Lipinski definition) is 0. The molecule has 6 heteroatoms. The molecule has 0 N–H and O–H groups in total. The summed E-state index contributed by atoms with van der Waals surface area (Å²) >= 11 is 0. The summed E-state index contributed by atoms with van der Waals surface area (Å²) in [6, 6.07) is 37.8. The first-order valence-corrected chi connectivity index (χ1v) is 16.8. The highest BCUT2D eigenvalue weighted by Gasteiger charge is 2.23. The average molecular weight is 621 g/mol. The van der Waals surface area contributed by atoms with E-state index in [4.69, 9.17) is 14.2 Å². The van der Waals surface area contributed by atoms with E-state index in [1.807, 2.05) is 24.3 Å². The molecular weight excluding hydrogens is 580 g/mol. The quantitative estimate of drug-likeness (QED) is 0.131. The molecule has 0 aromatic heterocycles. The Labute approximate surface area is 267 Å². The summed E-state index contributed by atoms with van der Waals surface area (Å²) in [6.07, 6.45) is 3.55. The van der Waals surface area contributed by atoms with E-state index in [-0.39, 0.29) is 15.2 Å². The lowest BCUT2D eigenvalue weighted by atomic mass is 9.78. The van der Waals surface area contributed by atoms with E-state index in [0.717, 1.165) is 23.3 Å². The largest absolute Gasteiger partial charge is 0.497 e. The van der Waals surface area contributed by atoms with E-state index in [0.29, 0.717) is 23.9 Å². The summed E-state index contributed by atoms with van der Waals surface area (Å²) in [5, 5.41) is 0. The van der Waals surface area contributed by atoms with Gasteiger partial charge in [-0.15, -0.1) is 0 Å². The fraction of sp³-hybridized carbons (Fsp3) is 0.231. The third kappa shape index (κ3) is 7.76. The van der Waals surface area contributed by atoms with Crippen molar-refractivity contribution in [3.05, 3.63) is 144 Å². The molecule has 0 unspecified atom stereocenters. The van der Waals surface area contributed by atoms with Crippen LogP contribution in [0, 0.1) is 0 Å². The molecule has 0 radical (unpaired) electrons. The Morgan fingerprint density at radius 3 is 1.51 bits per heavy atom. The lowest BCUT2D eigenvalue weighted by Crippen LogP contribution is -2.18. The van der Waals surface area contributed by atoms with Crippen LogP contribution >= 0.6 is 0 Å². The Bertz CT molecular complexity index is 1770. The van der Waals surface area contributed by atoms with E-state index in [1.54, 1.807) is 55.6 Å². The Hall–Kier alpha value is -4.55. The van der Waals surface area contributed by atoms with Gasteiger partial charge in [0.15, 0.2) is 0 Å². The molecule has 0 heterocycles. The van der Waals surface area contributed by atoms with Crippen molar-refractivity contribution in [3.8, 4) is 23.0 Å². The number of benzene rings is 5. The first kappa shape index (κ1) is 31.9. The first-order chi connectivity index (χ1) is 21.7. The van der Waals surface area contributed by atoms with Gasteiger partial charge in [-0.2, -0.15) is 0 Å². The fourth-order valence-electron chi connectivity index (χ4n) is 5.14. The Balaban J connectivity index is 1.18. The summed E-state index contributed by atoms with van der Waals surface area (Å²) in [6.45, 7) is 7.15. The van der Waals surface area contributed by atoms with Crippen LogP contribution in [0.5, 0.6) is 23.0 Å². The molecule has 5 nitrogen and oxygen atoms in total. The SMILES string of the molecule is CCCCc1ccc(COc2ccc(C(C)(C)c3ccc(Oc4ccc(S(=O)(=O)c5ccc(OC)cc5)cc4)cc3)cc2)cc1. The predicted octanol–water partition coefficient (Wildman–Crippen LogP) is 9.57. The maximum atomic E-state index is 13.0. The van der Waals surface area contributed by atoms with Crippen molar-refractivity contribution < 1.29 is 22.6 Å². The van der Waals surface area contributed by atoms with E-state index < -0.39 is 9.84 Å². The average Bonchev–Trinajstić information content (AvgIpc) is 3.07. The van der Waals surface area contributed by atoms with Crippen molar-refractivity contribution >= 4 is 9.84 Å². The van der Waals surface area contributed by atoms with Crippen LogP contribution in [-0.4, -0.2) is 15.5 Å². The van der Waals surface area contributed by atoms with Crippen LogP contribution in [0.3, 0.4) is 0 Å². The van der Waals surface area contributed by atoms with Crippen LogP contribution in [0.2, 0.25) is 0 Å². The summed E-state index contributed by atoms with van der Waals surface area (Å²) in [5.74, 6) is 2.67. The minimum atomic E-state index is -3.64. The second kappa shape index (κ2) is 14.0. The number of ether oxygens (including phenoxy) is 3. The second-order valence-electron chi connectivity index (χ2n) is 11.6. The molecule has 0 atom stereocenters. The molecule has 0 fully saturated rings. The highest BCUT2D eigenvalue weighted by molar-refractivity contribution is 7.91. The van der Waals surface area contributed by atoms with Gasteiger partial charge >= 0.3 is 0 Å². The van der Waals surface area contributed by atoms with Gasteiger partial charge in [-0.25, -0.2) is 8.42 Å². The minimum Gasteiger partial charge on any atom is -0.497 e. The zero-order valence-corrected chi connectivity index (χ0v) is 27.1. The number of methoxy groups -OCH3 is 1. The number of aryl methyl sites for hydroxylation is 1. The zero-order valence-electron chi connectivity index (χ0n) is 26.3. The van der Waals surface area contributed by atoms with Crippen molar-refractivity contribution in [2.75, 3.05) is 7.11 Å². The van der Waals surface area contributed by atoms with E-state index >= 15 is 0 Å². The lowest BCUT2D eigenvalue weighted by Gasteiger charge is -2.26. The van der Waals surface area contributed by atoms with Gasteiger partial charge < -0.3 is 14.2 Å². The normalized spacial score (nSPS) is 11.6. The van der Waals surface area contributed by atoms with Gasteiger partial charge in [-0.05, 0) is 108 Å².